The first-order valence-electron chi connectivity index (χ1n) is 0.816. The minimum absolute atomic E-state index is 0. The Kier molecular flexibility index (Phi) is 196. The summed E-state index contributed by atoms with van der Waals surface area (Å²) in [7, 11) is 0. The van der Waals surface area contributed by atoms with Gasteiger partial charge in [0.15, 0.2) is 0 Å². The van der Waals surface area contributed by atoms with E-state index in [9.17, 15) is 0 Å². The Morgan fingerprint density at radius 1 is 1.50 bits per heavy atom. The third-order valence-electron chi connectivity index (χ3n) is 0. The number of hydrogen-bond donors (Lipinski definition) is 0. The fourth-order valence-corrected chi connectivity index (χ4v) is 0. The molecule has 0 amide bonds. The molecule has 42 valence electrons. The van der Waals surface area contributed by atoms with Crippen LogP contribution < -0.4 is 0 Å². The van der Waals surface area contributed by atoms with Gasteiger partial charge in [-0.15, -0.1) is 24.0 Å². The van der Waals surface area contributed by atoms with Gasteiger partial charge in [-0.1, -0.05) is 0 Å². The molecular formula is C4H9INi. The maximum atomic E-state index is 3.25. The molecule has 0 unspecified atom stereocenters. The van der Waals surface area contributed by atoms with Gasteiger partial charge < -0.3 is 7.43 Å². The third kappa shape index (κ3) is 102. The minimum Gasteiger partial charge on any atom is -0.358 e. The zero-order valence-electron chi connectivity index (χ0n) is 3.72. The standard InChI is InChI=1S/C3H5.CH3.HI.Ni/c1-3-2;;;/h3H,1-2H2;1H3;1H;/q2*-1;;+2. The fourth-order valence-electron chi connectivity index (χ4n) is 0. The van der Waals surface area contributed by atoms with Crippen molar-refractivity contribution in [1.29, 1.82) is 0 Å². The number of rotatable bonds is 0. The molecule has 0 bridgehead atoms. The maximum Gasteiger partial charge on any atom is 2.00 e. The van der Waals surface area contributed by atoms with Gasteiger partial charge >= 0.3 is 16.5 Å². The van der Waals surface area contributed by atoms with E-state index in [4.69, 9.17) is 0 Å². The molecule has 0 aliphatic rings. The van der Waals surface area contributed by atoms with Crippen LogP contribution >= 0.6 is 24.0 Å². The van der Waals surface area contributed by atoms with E-state index in [1.54, 1.807) is 0 Å². The smallest absolute Gasteiger partial charge is 0.358 e. The molecule has 0 saturated carbocycles. The Morgan fingerprint density at radius 3 is 1.50 bits per heavy atom. The molecule has 0 saturated heterocycles. The van der Waals surface area contributed by atoms with Gasteiger partial charge in [-0.2, -0.15) is 0 Å². The van der Waals surface area contributed by atoms with Crippen LogP contribution in [-0.4, -0.2) is 0 Å². The van der Waals surface area contributed by atoms with Gasteiger partial charge in [0.05, 0.1) is 0 Å². The van der Waals surface area contributed by atoms with Crippen molar-refractivity contribution in [3.63, 3.8) is 0 Å². The van der Waals surface area contributed by atoms with Crippen LogP contribution in [0.15, 0.2) is 12.7 Å². The summed E-state index contributed by atoms with van der Waals surface area (Å²) in [4.78, 5) is 0. The zero-order chi connectivity index (χ0) is 2.71. The summed E-state index contributed by atoms with van der Waals surface area (Å²) >= 11 is 0. The van der Waals surface area contributed by atoms with Gasteiger partial charge in [-0.25, -0.2) is 19.6 Å². The average Bonchev–Trinajstić information content (AvgIpc) is 0.918. The van der Waals surface area contributed by atoms with Crippen LogP contribution in [0.3, 0.4) is 0 Å². The number of hydrogen-bond acceptors (Lipinski definition) is 0. The maximum absolute atomic E-state index is 3.25. The molecule has 0 aromatic carbocycles. The molecule has 0 aliphatic carbocycles. The molecule has 0 aliphatic heterocycles. The summed E-state index contributed by atoms with van der Waals surface area (Å²) in [5.74, 6) is 0. The molecule has 0 nitrogen and oxygen atoms in total. The summed E-state index contributed by atoms with van der Waals surface area (Å²) in [5.41, 5.74) is 0. The summed E-state index contributed by atoms with van der Waals surface area (Å²) in [6.07, 6.45) is 1.50. The Morgan fingerprint density at radius 2 is 1.50 bits per heavy atom. The summed E-state index contributed by atoms with van der Waals surface area (Å²) in [6.45, 7) is 6.50. The van der Waals surface area contributed by atoms with Crippen molar-refractivity contribution < 1.29 is 16.5 Å². The van der Waals surface area contributed by atoms with E-state index in [-0.39, 0.29) is 47.9 Å². The van der Waals surface area contributed by atoms with E-state index in [1.807, 2.05) is 0 Å². The Bertz CT molecular complexity index is 15.0. The third-order valence-corrected chi connectivity index (χ3v) is 0. The van der Waals surface area contributed by atoms with Gasteiger partial charge in [-0.3, -0.25) is 0 Å². The predicted molar refractivity (Wildman–Crippen MR) is 37.4 cm³/mol. The fraction of sp³-hybridized carbons (Fsp3) is 0. The number of allylic oxidation sites excluding steroid dienone is 1. The topological polar surface area (TPSA) is 0 Å². The molecule has 6 heavy (non-hydrogen) atoms. The van der Waals surface area contributed by atoms with Crippen LogP contribution in [0.25, 0.3) is 0 Å². The van der Waals surface area contributed by atoms with Gasteiger partial charge in [0.25, 0.3) is 0 Å². The molecule has 0 N–H and O–H groups in total. The molecule has 0 aromatic rings. The van der Waals surface area contributed by atoms with Crippen LogP contribution in [0.2, 0.25) is 0 Å². The second-order valence-electron chi connectivity index (χ2n) is 0.289. The van der Waals surface area contributed by atoms with Gasteiger partial charge in [0, 0.05) is 0 Å². The number of halogens is 1. The second-order valence-corrected chi connectivity index (χ2v) is 0.289. The molecule has 0 fully saturated rings. The summed E-state index contributed by atoms with van der Waals surface area (Å²) < 4.78 is 0. The quantitative estimate of drug-likeness (QED) is 0.347. The Hall–Kier alpha value is 0.834. The van der Waals surface area contributed by atoms with Crippen LogP contribution in [-0.2, 0) is 16.5 Å². The first-order valence-corrected chi connectivity index (χ1v) is 0.816. The zero-order valence-corrected chi connectivity index (χ0v) is 7.03. The van der Waals surface area contributed by atoms with Gasteiger partial charge in [0.2, 0.25) is 0 Å². The van der Waals surface area contributed by atoms with Gasteiger partial charge in [-0.05, 0) is 0 Å². The first kappa shape index (κ1) is 29.0. The molecule has 0 radical (unpaired) electrons. The monoisotopic (exact) mass is 242 g/mol. The van der Waals surface area contributed by atoms with Crippen LogP contribution in [0.1, 0.15) is 0 Å². The van der Waals surface area contributed by atoms with Gasteiger partial charge in [0.1, 0.15) is 0 Å². The van der Waals surface area contributed by atoms with Crippen molar-refractivity contribution in [3.05, 3.63) is 27.0 Å². The Labute approximate surface area is 67.3 Å². The minimum atomic E-state index is 0. The summed E-state index contributed by atoms with van der Waals surface area (Å²) in [5, 5.41) is 0. The molecule has 0 aromatic heterocycles. The first-order chi connectivity index (χ1) is 1.41. The average molecular weight is 243 g/mol. The molecule has 0 rings (SSSR count). The van der Waals surface area contributed by atoms with Crippen molar-refractivity contribution in [2.75, 3.05) is 0 Å². The Balaban J connectivity index is -0.00000000667. The van der Waals surface area contributed by atoms with E-state index in [0.717, 1.165) is 0 Å². The van der Waals surface area contributed by atoms with E-state index in [2.05, 4.69) is 13.5 Å². The molecule has 0 spiro atoms. The largest absolute Gasteiger partial charge is 2.00 e. The van der Waals surface area contributed by atoms with E-state index >= 15 is 0 Å². The molecular weight excluding hydrogens is 234 g/mol. The summed E-state index contributed by atoms with van der Waals surface area (Å²) in [6, 6.07) is 0. The van der Waals surface area contributed by atoms with E-state index < -0.39 is 0 Å². The molecule has 0 heterocycles. The molecule has 0 atom stereocenters. The predicted octanol–water partition coefficient (Wildman–Crippen LogP) is 2.07. The van der Waals surface area contributed by atoms with Crippen molar-refractivity contribution in [2.24, 2.45) is 0 Å². The van der Waals surface area contributed by atoms with Crippen molar-refractivity contribution >= 4 is 24.0 Å². The molecule has 2 heteroatoms. The van der Waals surface area contributed by atoms with Crippen LogP contribution in [0.4, 0.5) is 0 Å². The van der Waals surface area contributed by atoms with Crippen molar-refractivity contribution in [1.82, 2.24) is 0 Å². The SMILES string of the molecule is C=C[CH2-].I.[CH3-].[Ni+2]. The van der Waals surface area contributed by atoms with Crippen LogP contribution in [0.5, 0.6) is 0 Å². The second kappa shape index (κ2) is 40.5. The van der Waals surface area contributed by atoms with Crippen molar-refractivity contribution in [3.8, 4) is 0 Å². The van der Waals surface area contributed by atoms with E-state index in [1.165, 1.54) is 6.08 Å². The van der Waals surface area contributed by atoms with E-state index in [0.29, 0.717) is 0 Å². The normalized spacial score (nSPS) is 2.00. The van der Waals surface area contributed by atoms with Crippen molar-refractivity contribution in [2.45, 2.75) is 0 Å². The van der Waals surface area contributed by atoms with Crippen LogP contribution in [0, 0.1) is 14.4 Å².